The van der Waals surface area contributed by atoms with Gasteiger partial charge in [0.25, 0.3) is 5.69 Å². The number of rotatable bonds is 9. The molecule has 0 fully saturated rings. The maximum Gasteiger partial charge on any atom is 0.307 e. The number of halogens is 2. The van der Waals surface area contributed by atoms with E-state index in [2.05, 4.69) is 10.5 Å². The third-order valence-electron chi connectivity index (χ3n) is 4.94. The van der Waals surface area contributed by atoms with Gasteiger partial charge in [-0.05, 0) is 66.6 Å². The molecule has 184 valence electrons. The van der Waals surface area contributed by atoms with Crippen LogP contribution in [0.1, 0.15) is 28.6 Å². The van der Waals surface area contributed by atoms with E-state index in [1.807, 2.05) is 6.92 Å². The highest BCUT2D eigenvalue weighted by Gasteiger charge is 2.14. The Labute approximate surface area is 215 Å². The molecule has 1 amide bonds. The van der Waals surface area contributed by atoms with Crippen LogP contribution in [0.4, 0.5) is 5.69 Å². The van der Waals surface area contributed by atoms with Gasteiger partial charge in [-0.3, -0.25) is 14.9 Å². The number of non-ortho nitro benzene ring substituents is 1. The summed E-state index contributed by atoms with van der Waals surface area (Å²) in [5, 5.41) is 16.3. The Bertz CT molecular complexity index is 1450. The van der Waals surface area contributed by atoms with Gasteiger partial charge in [0.05, 0.1) is 22.8 Å². The van der Waals surface area contributed by atoms with Crippen molar-refractivity contribution in [3.8, 4) is 11.5 Å². The maximum atomic E-state index is 12.4. The van der Waals surface area contributed by atoms with Gasteiger partial charge in [0.15, 0.2) is 17.3 Å². The standard InChI is InChI=1S/C25H19Cl2N3O6/c1-2-34-22-10-16(9-20(27)24(22)35-14-15-3-6-19(7-4-15)30(32)33)13-28-29-25(31)23-12-17-11-18(26)5-8-21(17)36-23/h3-13H,2,14H2,1H3,(H,29,31)/b28-13+. The first-order valence-electron chi connectivity index (χ1n) is 10.7. The van der Waals surface area contributed by atoms with Crippen molar-refractivity contribution in [2.45, 2.75) is 13.5 Å². The van der Waals surface area contributed by atoms with Crippen LogP contribution < -0.4 is 14.9 Å². The molecule has 1 heterocycles. The molecule has 1 N–H and O–H groups in total. The lowest BCUT2D eigenvalue weighted by Crippen LogP contribution is -2.16. The molecule has 4 aromatic rings. The van der Waals surface area contributed by atoms with E-state index in [9.17, 15) is 14.9 Å². The van der Waals surface area contributed by atoms with E-state index in [4.69, 9.17) is 37.1 Å². The molecule has 3 aromatic carbocycles. The van der Waals surface area contributed by atoms with Gasteiger partial charge < -0.3 is 13.9 Å². The number of ether oxygens (including phenoxy) is 2. The summed E-state index contributed by atoms with van der Waals surface area (Å²) in [6.07, 6.45) is 1.41. The number of fused-ring (bicyclic) bond motifs is 1. The zero-order valence-corrected chi connectivity index (χ0v) is 20.4. The predicted octanol–water partition coefficient (Wildman–Crippen LogP) is 6.39. The highest BCUT2D eigenvalue weighted by atomic mass is 35.5. The fraction of sp³-hybridized carbons (Fsp3) is 0.120. The molecular formula is C25H19Cl2N3O6. The maximum absolute atomic E-state index is 12.4. The Hall–Kier alpha value is -4.08. The Morgan fingerprint density at radius 2 is 1.89 bits per heavy atom. The first kappa shape index (κ1) is 25.0. The van der Waals surface area contributed by atoms with Gasteiger partial charge in [-0.1, -0.05) is 23.2 Å². The molecular weight excluding hydrogens is 509 g/mol. The Morgan fingerprint density at radius 1 is 1.11 bits per heavy atom. The minimum absolute atomic E-state index is 0.00719. The zero-order valence-electron chi connectivity index (χ0n) is 18.9. The van der Waals surface area contributed by atoms with Crippen molar-refractivity contribution in [1.82, 2.24) is 5.43 Å². The summed E-state index contributed by atoms with van der Waals surface area (Å²) >= 11 is 12.4. The second kappa shape index (κ2) is 11.1. The van der Waals surface area contributed by atoms with Crippen LogP contribution in [0.2, 0.25) is 10.0 Å². The molecule has 0 atom stereocenters. The molecule has 9 nitrogen and oxygen atoms in total. The largest absolute Gasteiger partial charge is 0.490 e. The Morgan fingerprint density at radius 3 is 2.61 bits per heavy atom. The number of nitro benzene ring substituents is 1. The normalized spacial score (nSPS) is 11.1. The third kappa shape index (κ3) is 5.94. The van der Waals surface area contributed by atoms with Gasteiger partial charge in [0.1, 0.15) is 12.2 Å². The molecule has 0 aliphatic rings. The van der Waals surface area contributed by atoms with Crippen molar-refractivity contribution in [3.05, 3.63) is 97.7 Å². The summed E-state index contributed by atoms with van der Waals surface area (Å²) in [5.41, 5.74) is 4.22. The van der Waals surface area contributed by atoms with Gasteiger partial charge in [0, 0.05) is 22.5 Å². The second-order valence-electron chi connectivity index (χ2n) is 7.47. The number of nitro groups is 1. The minimum Gasteiger partial charge on any atom is -0.490 e. The van der Waals surface area contributed by atoms with E-state index in [-0.39, 0.29) is 23.1 Å². The van der Waals surface area contributed by atoms with E-state index in [1.165, 1.54) is 18.3 Å². The number of furan rings is 1. The lowest BCUT2D eigenvalue weighted by Gasteiger charge is -2.14. The number of nitrogens with zero attached hydrogens (tertiary/aromatic N) is 2. The Balaban J connectivity index is 1.45. The van der Waals surface area contributed by atoms with E-state index < -0.39 is 10.8 Å². The SMILES string of the molecule is CCOc1cc(/C=N/NC(=O)c2cc3cc(Cl)ccc3o2)cc(Cl)c1OCc1ccc([N+](=O)[O-])cc1. The van der Waals surface area contributed by atoms with Crippen LogP contribution in [0.5, 0.6) is 11.5 Å². The van der Waals surface area contributed by atoms with E-state index in [0.29, 0.717) is 39.7 Å². The van der Waals surface area contributed by atoms with Crippen LogP contribution in [0.25, 0.3) is 11.0 Å². The molecule has 36 heavy (non-hydrogen) atoms. The van der Waals surface area contributed by atoms with Crippen molar-refractivity contribution in [2.24, 2.45) is 5.10 Å². The molecule has 0 aliphatic carbocycles. The topological polar surface area (TPSA) is 116 Å². The Kier molecular flexibility index (Phi) is 7.72. The molecule has 0 radical (unpaired) electrons. The number of hydrazone groups is 1. The molecule has 0 unspecified atom stereocenters. The monoisotopic (exact) mass is 527 g/mol. The number of carbonyl (C=O) groups is 1. The number of nitrogens with one attached hydrogen (secondary N) is 1. The molecule has 4 rings (SSSR count). The summed E-state index contributed by atoms with van der Waals surface area (Å²) in [6, 6.07) is 15.9. The minimum atomic E-state index is -0.530. The van der Waals surface area contributed by atoms with Crippen LogP contribution in [-0.2, 0) is 6.61 Å². The summed E-state index contributed by atoms with van der Waals surface area (Å²) in [7, 11) is 0. The molecule has 1 aromatic heterocycles. The second-order valence-corrected chi connectivity index (χ2v) is 8.31. The molecule has 11 heteroatoms. The first-order valence-corrected chi connectivity index (χ1v) is 11.4. The van der Waals surface area contributed by atoms with Crippen LogP contribution in [0.15, 0.2) is 70.2 Å². The van der Waals surface area contributed by atoms with E-state index >= 15 is 0 Å². The third-order valence-corrected chi connectivity index (χ3v) is 5.46. The summed E-state index contributed by atoms with van der Waals surface area (Å²) in [5.74, 6) is 0.262. The van der Waals surface area contributed by atoms with Crippen molar-refractivity contribution in [2.75, 3.05) is 6.61 Å². The fourth-order valence-electron chi connectivity index (χ4n) is 3.28. The smallest absolute Gasteiger partial charge is 0.307 e. The van der Waals surface area contributed by atoms with Gasteiger partial charge in [-0.15, -0.1) is 0 Å². The molecule has 0 saturated carbocycles. The number of hydrogen-bond donors (Lipinski definition) is 1. The van der Waals surface area contributed by atoms with Gasteiger partial charge in [-0.2, -0.15) is 5.10 Å². The zero-order chi connectivity index (χ0) is 25.7. The lowest BCUT2D eigenvalue weighted by atomic mass is 10.2. The number of hydrogen-bond acceptors (Lipinski definition) is 7. The van der Waals surface area contributed by atoms with Gasteiger partial charge >= 0.3 is 5.91 Å². The van der Waals surface area contributed by atoms with Crippen LogP contribution in [0, 0.1) is 10.1 Å². The fourth-order valence-corrected chi connectivity index (χ4v) is 3.74. The summed E-state index contributed by atoms with van der Waals surface area (Å²) in [6.45, 7) is 2.30. The van der Waals surface area contributed by atoms with Gasteiger partial charge in [0.2, 0.25) is 0 Å². The quantitative estimate of drug-likeness (QED) is 0.153. The van der Waals surface area contributed by atoms with Crippen molar-refractivity contribution in [1.29, 1.82) is 0 Å². The van der Waals surface area contributed by atoms with Crippen molar-refractivity contribution in [3.63, 3.8) is 0 Å². The average molecular weight is 528 g/mol. The van der Waals surface area contributed by atoms with Crippen molar-refractivity contribution < 1.29 is 23.6 Å². The van der Waals surface area contributed by atoms with Crippen LogP contribution >= 0.6 is 23.2 Å². The van der Waals surface area contributed by atoms with Crippen molar-refractivity contribution >= 4 is 52.0 Å². The summed E-state index contributed by atoms with van der Waals surface area (Å²) < 4.78 is 17.0. The number of amides is 1. The predicted molar refractivity (Wildman–Crippen MR) is 136 cm³/mol. The van der Waals surface area contributed by atoms with Crippen LogP contribution in [0.3, 0.4) is 0 Å². The van der Waals surface area contributed by atoms with Crippen LogP contribution in [-0.4, -0.2) is 23.7 Å². The van der Waals surface area contributed by atoms with Gasteiger partial charge in [-0.25, -0.2) is 5.43 Å². The number of carbonyl (C=O) groups excluding carboxylic acids is 1. The highest BCUT2D eigenvalue weighted by molar-refractivity contribution is 6.32. The highest BCUT2D eigenvalue weighted by Crippen LogP contribution is 2.37. The molecule has 0 spiro atoms. The summed E-state index contributed by atoms with van der Waals surface area (Å²) in [4.78, 5) is 22.7. The van der Waals surface area contributed by atoms with E-state index in [0.717, 1.165) is 5.56 Å². The number of benzene rings is 3. The molecule has 0 bridgehead atoms. The first-order chi connectivity index (χ1) is 17.3. The van der Waals surface area contributed by atoms with E-state index in [1.54, 1.807) is 48.5 Å². The lowest BCUT2D eigenvalue weighted by molar-refractivity contribution is -0.384. The average Bonchev–Trinajstić information content (AvgIpc) is 3.27. The molecule has 0 aliphatic heterocycles. The molecule has 0 saturated heterocycles.